The second-order valence-electron chi connectivity index (χ2n) is 4.83. The molecule has 1 unspecified atom stereocenters. The normalized spacial score (nSPS) is 29.7. The lowest BCUT2D eigenvalue weighted by atomic mass is 9.90. The molecular formula is C12H22N2O. The minimum absolute atomic E-state index is 0.609. The Hall–Kier alpha value is -0.540. The van der Waals surface area contributed by atoms with Gasteiger partial charge in [-0.25, -0.2) is 5.01 Å². The third-order valence-corrected chi connectivity index (χ3v) is 3.76. The molecule has 3 heteroatoms. The Balaban J connectivity index is 1.91. The van der Waals surface area contributed by atoms with Gasteiger partial charge >= 0.3 is 0 Å². The maximum atomic E-state index is 5.40. The van der Waals surface area contributed by atoms with Crippen molar-refractivity contribution >= 4 is 0 Å². The molecule has 0 spiro atoms. The summed E-state index contributed by atoms with van der Waals surface area (Å²) in [6, 6.07) is 0.609. The van der Waals surface area contributed by atoms with Crippen molar-refractivity contribution in [1.82, 2.24) is 10.0 Å². The number of nitrogens with zero attached hydrogens (tertiary/aromatic N) is 2. The SMILES string of the molecule is CC1=CN(C)N(C)C1CC1CCOCC1. The average Bonchev–Trinajstić information content (AvgIpc) is 2.47. The molecule has 0 radical (unpaired) electrons. The number of hydrogen-bond acceptors (Lipinski definition) is 3. The monoisotopic (exact) mass is 210 g/mol. The van der Waals surface area contributed by atoms with Crippen molar-refractivity contribution in [3.05, 3.63) is 11.8 Å². The second-order valence-corrected chi connectivity index (χ2v) is 4.83. The van der Waals surface area contributed by atoms with Crippen LogP contribution in [0.25, 0.3) is 0 Å². The van der Waals surface area contributed by atoms with E-state index in [-0.39, 0.29) is 0 Å². The lowest BCUT2D eigenvalue weighted by Crippen LogP contribution is -2.37. The van der Waals surface area contributed by atoms with E-state index in [4.69, 9.17) is 4.74 Å². The Kier molecular flexibility index (Phi) is 3.32. The summed E-state index contributed by atoms with van der Waals surface area (Å²) in [5, 5.41) is 4.53. The Morgan fingerprint density at radius 2 is 2.00 bits per heavy atom. The van der Waals surface area contributed by atoms with Crippen LogP contribution < -0.4 is 0 Å². The molecule has 2 aliphatic heterocycles. The lowest BCUT2D eigenvalue weighted by Gasteiger charge is -2.31. The molecule has 0 amide bonds. The molecule has 0 aromatic carbocycles. The summed E-state index contributed by atoms with van der Waals surface area (Å²) < 4.78 is 5.40. The molecule has 15 heavy (non-hydrogen) atoms. The lowest BCUT2D eigenvalue weighted by molar-refractivity contribution is 0.0309. The van der Waals surface area contributed by atoms with Crippen molar-refractivity contribution in [3.63, 3.8) is 0 Å². The molecule has 86 valence electrons. The summed E-state index contributed by atoms with van der Waals surface area (Å²) in [6.45, 7) is 4.16. The molecular weight excluding hydrogens is 188 g/mol. The van der Waals surface area contributed by atoms with Crippen LogP contribution in [0.2, 0.25) is 0 Å². The molecule has 3 nitrogen and oxygen atoms in total. The first kappa shape index (κ1) is 11.0. The topological polar surface area (TPSA) is 15.7 Å². The van der Waals surface area contributed by atoms with Gasteiger partial charge in [0, 0.05) is 33.5 Å². The number of likely N-dealkylation sites (N-methyl/N-ethyl adjacent to an activating group) is 1. The van der Waals surface area contributed by atoms with Crippen molar-refractivity contribution in [1.29, 1.82) is 0 Å². The first-order chi connectivity index (χ1) is 7.18. The van der Waals surface area contributed by atoms with E-state index in [1.807, 2.05) is 0 Å². The molecule has 0 bridgehead atoms. The highest BCUT2D eigenvalue weighted by Gasteiger charge is 2.28. The summed E-state index contributed by atoms with van der Waals surface area (Å²) >= 11 is 0. The molecule has 0 saturated carbocycles. The molecule has 1 fully saturated rings. The zero-order chi connectivity index (χ0) is 10.8. The van der Waals surface area contributed by atoms with Crippen LogP contribution in [0.15, 0.2) is 11.8 Å². The maximum Gasteiger partial charge on any atom is 0.0516 e. The van der Waals surface area contributed by atoms with Gasteiger partial charge in [-0.2, -0.15) is 0 Å². The van der Waals surface area contributed by atoms with Crippen molar-refractivity contribution in [2.75, 3.05) is 27.3 Å². The number of rotatable bonds is 2. The first-order valence-corrected chi connectivity index (χ1v) is 5.90. The molecule has 0 aliphatic carbocycles. The van der Waals surface area contributed by atoms with E-state index >= 15 is 0 Å². The standard InChI is InChI=1S/C12H22N2O/c1-10-9-13(2)14(3)12(10)8-11-4-6-15-7-5-11/h9,11-12H,4-8H2,1-3H3. The summed E-state index contributed by atoms with van der Waals surface area (Å²) in [6.07, 6.45) is 6.00. The van der Waals surface area contributed by atoms with E-state index in [9.17, 15) is 0 Å². The fourth-order valence-corrected chi connectivity index (χ4v) is 2.62. The van der Waals surface area contributed by atoms with E-state index in [2.05, 4.69) is 37.2 Å². The minimum Gasteiger partial charge on any atom is -0.381 e. The second kappa shape index (κ2) is 4.54. The van der Waals surface area contributed by atoms with Crippen molar-refractivity contribution < 1.29 is 4.74 Å². The molecule has 2 rings (SSSR count). The van der Waals surface area contributed by atoms with Gasteiger partial charge in [0.15, 0.2) is 0 Å². The first-order valence-electron chi connectivity index (χ1n) is 5.90. The Morgan fingerprint density at radius 1 is 1.33 bits per heavy atom. The minimum atomic E-state index is 0.609. The van der Waals surface area contributed by atoms with Gasteiger partial charge < -0.3 is 9.75 Å². The summed E-state index contributed by atoms with van der Waals surface area (Å²) in [4.78, 5) is 0. The van der Waals surface area contributed by atoms with E-state index in [0.717, 1.165) is 19.1 Å². The maximum absolute atomic E-state index is 5.40. The van der Waals surface area contributed by atoms with E-state index in [1.54, 1.807) is 0 Å². The van der Waals surface area contributed by atoms with Crippen LogP contribution >= 0.6 is 0 Å². The molecule has 0 aromatic heterocycles. The van der Waals surface area contributed by atoms with Gasteiger partial charge in [-0.3, -0.25) is 0 Å². The van der Waals surface area contributed by atoms with Crippen LogP contribution in [0.3, 0.4) is 0 Å². The van der Waals surface area contributed by atoms with Crippen molar-refractivity contribution in [2.45, 2.75) is 32.2 Å². The third-order valence-electron chi connectivity index (χ3n) is 3.76. The van der Waals surface area contributed by atoms with E-state index in [0.29, 0.717) is 6.04 Å². The predicted molar refractivity (Wildman–Crippen MR) is 61.2 cm³/mol. The highest BCUT2D eigenvalue weighted by atomic mass is 16.5. The van der Waals surface area contributed by atoms with Gasteiger partial charge in [-0.15, -0.1) is 0 Å². The summed E-state index contributed by atoms with van der Waals surface area (Å²) in [7, 11) is 4.30. The molecule has 0 N–H and O–H groups in total. The van der Waals surface area contributed by atoms with Gasteiger partial charge in [-0.1, -0.05) is 0 Å². The van der Waals surface area contributed by atoms with Crippen LogP contribution in [-0.4, -0.2) is 43.4 Å². The van der Waals surface area contributed by atoms with E-state index in [1.165, 1.54) is 24.8 Å². The largest absolute Gasteiger partial charge is 0.381 e. The molecule has 1 saturated heterocycles. The smallest absolute Gasteiger partial charge is 0.0516 e. The quantitative estimate of drug-likeness (QED) is 0.692. The summed E-state index contributed by atoms with van der Waals surface area (Å²) in [5.41, 5.74) is 1.49. The Morgan fingerprint density at radius 3 is 2.53 bits per heavy atom. The summed E-state index contributed by atoms with van der Waals surface area (Å²) in [5.74, 6) is 0.848. The van der Waals surface area contributed by atoms with Crippen LogP contribution in [0.1, 0.15) is 26.2 Å². The highest BCUT2D eigenvalue weighted by Crippen LogP contribution is 2.29. The van der Waals surface area contributed by atoms with Crippen LogP contribution in [0.4, 0.5) is 0 Å². The average molecular weight is 210 g/mol. The van der Waals surface area contributed by atoms with Gasteiger partial charge in [-0.05, 0) is 37.7 Å². The molecule has 2 heterocycles. The Bertz CT molecular complexity index is 246. The molecule has 0 aromatic rings. The van der Waals surface area contributed by atoms with Crippen LogP contribution in [-0.2, 0) is 4.74 Å². The van der Waals surface area contributed by atoms with E-state index < -0.39 is 0 Å². The van der Waals surface area contributed by atoms with Crippen LogP contribution in [0.5, 0.6) is 0 Å². The number of hydrazine groups is 1. The van der Waals surface area contributed by atoms with Gasteiger partial charge in [0.05, 0.1) is 6.04 Å². The Labute approximate surface area is 92.7 Å². The zero-order valence-electron chi connectivity index (χ0n) is 10.1. The molecule has 2 aliphatic rings. The third kappa shape index (κ3) is 2.34. The fraction of sp³-hybridized carbons (Fsp3) is 0.833. The van der Waals surface area contributed by atoms with Gasteiger partial charge in [0.2, 0.25) is 0 Å². The van der Waals surface area contributed by atoms with Crippen LogP contribution in [0, 0.1) is 5.92 Å². The molecule has 1 atom stereocenters. The number of ether oxygens (including phenoxy) is 1. The van der Waals surface area contributed by atoms with Gasteiger partial charge in [0.25, 0.3) is 0 Å². The predicted octanol–water partition coefficient (Wildman–Crippen LogP) is 1.87. The van der Waals surface area contributed by atoms with Crippen molar-refractivity contribution in [2.24, 2.45) is 5.92 Å². The number of hydrogen-bond donors (Lipinski definition) is 0. The van der Waals surface area contributed by atoms with Crippen molar-refractivity contribution in [3.8, 4) is 0 Å². The fourth-order valence-electron chi connectivity index (χ4n) is 2.62. The van der Waals surface area contributed by atoms with Gasteiger partial charge in [0.1, 0.15) is 0 Å². The zero-order valence-corrected chi connectivity index (χ0v) is 10.1. The highest BCUT2D eigenvalue weighted by molar-refractivity contribution is 5.12.